The van der Waals surface area contributed by atoms with Crippen LogP contribution in [0, 0.1) is 0 Å². The highest BCUT2D eigenvalue weighted by Crippen LogP contribution is 2.37. The highest BCUT2D eigenvalue weighted by molar-refractivity contribution is 9.11. The molecule has 18 heavy (non-hydrogen) atoms. The summed E-state index contributed by atoms with van der Waals surface area (Å²) >= 11 is 7.29. The van der Waals surface area contributed by atoms with E-state index in [0.29, 0.717) is 6.04 Å². The number of piperazine rings is 1. The van der Waals surface area contributed by atoms with Crippen LogP contribution >= 0.6 is 38.6 Å². The van der Waals surface area contributed by atoms with E-state index in [2.05, 4.69) is 55.8 Å². The maximum Gasteiger partial charge on any atom is 0.0791 e. The summed E-state index contributed by atoms with van der Waals surface area (Å²) in [7, 11) is 0. The Balaban J connectivity index is 1.92. The highest BCUT2D eigenvalue weighted by Gasteiger charge is 2.25. The van der Waals surface area contributed by atoms with Crippen LogP contribution in [-0.2, 0) is 0 Å². The average Bonchev–Trinajstić information content (AvgIpc) is 3.04. The summed E-state index contributed by atoms with van der Waals surface area (Å²) < 4.78 is 1.22. The van der Waals surface area contributed by atoms with Crippen LogP contribution in [0.2, 0.25) is 0 Å². The van der Waals surface area contributed by atoms with Crippen LogP contribution in [0.4, 0.5) is 0 Å². The van der Waals surface area contributed by atoms with Crippen molar-refractivity contribution in [2.24, 2.45) is 0 Å². The van der Waals surface area contributed by atoms with Gasteiger partial charge in [0.1, 0.15) is 0 Å². The molecule has 5 heteroatoms. The number of nitrogens with zero attached hydrogens (tertiary/aromatic N) is 1. The minimum atomic E-state index is 0.434. The molecular weight excluding hydrogens is 328 g/mol. The van der Waals surface area contributed by atoms with E-state index < -0.39 is 0 Å². The van der Waals surface area contributed by atoms with Crippen molar-refractivity contribution in [2.75, 3.05) is 26.2 Å². The lowest BCUT2D eigenvalue weighted by atomic mass is 10.1. The first-order chi connectivity index (χ1) is 8.84. The van der Waals surface area contributed by atoms with Gasteiger partial charge in [-0.15, -0.1) is 22.7 Å². The minimum Gasteiger partial charge on any atom is -0.314 e. The van der Waals surface area contributed by atoms with Crippen molar-refractivity contribution in [1.29, 1.82) is 0 Å². The highest BCUT2D eigenvalue weighted by atomic mass is 79.9. The van der Waals surface area contributed by atoms with Crippen molar-refractivity contribution in [3.05, 3.63) is 43.2 Å². The summed E-state index contributed by atoms with van der Waals surface area (Å²) in [6.45, 7) is 4.43. The van der Waals surface area contributed by atoms with E-state index >= 15 is 0 Å². The molecule has 3 rings (SSSR count). The van der Waals surface area contributed by atoms with Gasteiger partial charge in [0.05, 0.1) is 9.83 Å². The first kappa shape index (κ1) is 12.8. The average molecular weight is 343 g/mol. The maximum absolute atomic E-state index is 3.58. The van der Waals surface area contributed by atoms with Gasteiger partial charge in [-0.2, -0.15) is 0 Å². The maximum atomic E-state index is 3.58. The fraction of sp³-hybridized carbons (Fsp3) is 0.385. The van der Waals surface area contributed by atoms with Crippen LogP contribution < -0.4 is 5.32 Å². The second-order valence-corrected chi connectivity index (χ2v) is 7.82. The zero-order valence-electron chi connectivity index (χ0n) is 9.93. The SMILES string of the molecule is Brc1ccc(C(c2cccs2)N2CCNCC2)s1. The van der Waals surface area contributed by atoms with E-state index in [1.165, 1.54) is 13.5 Å². The normalized spacial score (nSPS) is 18.9. The molecule has 1 aliphatic heterocycles. The Morgan fingerprint density at radius 1 is 1.17 bits per heavy atom. The molecule has 2 nitrogen and oxygen atoms in total. The minimum absolute atomic E-state index is 0.434. The lowest BCUT2D eigenvalue weighted by Gasteiger charge is -2.33. The Hall–Kier alpha value is -0.200. The van der Waals surface area contributed by atoms with Crippen LogP contribution in [0.5, 0.6) is 0 Å². The molecular formula is C13H15BrN2S2. The third-order valence-electron chi connectivity index (χ3n) is 3.19. The van der Waals surface area contributed by atoms with E-state index in [-0.39, 0.29) is 0 Å². The van der Waals surface area contributed by atoms with Gasteiger partial charge in [0, 0.05) is 35.9 Å². The zero-order chi connectivity index (χ0) is 12.4. The van der Waals surface area contributed by atoms with E-state index in [9.17, 15) is 0 Å². The van der Waals surface area contributed by atoms with Gasteiger partial charge in [0.25, 0.3) is 0 Å². The van der Waals surface area contributed by atoms with Crippen LogP contribution in [-0.4, -0.2) is 31.1 Å². The molecule has 2 aromatic heterocycles. The van der Waals surface area contributed by atoms with Gasteiger partial charge in [-0.05, 0) is 39.5 Å². The molecule has 0 bridgehead atoms. The first-order valence-corrected chi connectivity index (χ1v) is 8.57. The third-order valence-corrected chi connectivity index (χ3v) is 5.79. The van der Waals surface area contributed by atoms with Gasteiger partial charge in [-0.3, -0.25) is 4.90 Å². The molecule has 0 aromatic carbocycles. The molecule has 0 aliphatic carbocycles. The summed E-state index contributed by atoms with van der Waals surface area (Å²) in [6.07, 6.45) is 0. The van der Waals surface area contributed by atoms with Crippen LogP contribution in [0.15, 0.2) is 33.4 Å². The summed E-state index contributed by atoms with van der Waals surface area (Å²) in [5.41, 5.74) is 0. The molecule has 1 fully saturated rings. The number of rotatable bonds is 3. The lowest BCUT2D eigenvalue weighted by Crippen LogP contribution is -2.45. The molecule has 0 radical (unpaired) electrons. The topological polar surface area (TPSA) is 15.3 Å². The summed E-state index contributed by atoms with van der Waals surface area (Å²) in [5, 5.41) is 5.60. The quantitative estimate of drug-likeness (QED) is 0.917. The van der Waals surface area contributed by atoms with Crippen LogP contribution in [0.25, 0.3) is 0 Å². The number of hydrogen-bond acceptors (Lipinski definition) is 4. The van der Waals surface area contributed by atoms with Gasteiger partial charge < -0.3 is 5.32 Å². The molecule has 96 valence electrons. The Morgan fingerprint density at radius 3 is 2.61 bits per heavy atom. The molecule has 0 spiro atoms. The van der Waals surface area contributed by atoms with E-state index in [4.69, 9.17) is 0 Å². The molecule has 2 aromatic rings. The molecule has 1 atom stereocenters. The van der Waals surface area contributed by atoms with E-state index in [1.807, 2.05) is 22.7 Å². The predicted molar refractivity (Wildman–Crippen MR) is 82.6 cm³/mol. The van der Waals surface area contributed by atoms with Crippen molar-refractivity contribution in [1.82, 2.24) is 10.2 Å². The smallest absolute Gasteiger partial charge is 0.0791 e. The molecule has 1 unspecified atom stereocenters. The number of hydrogen-bond donors (Lipinski definition) is 1. The monoisotopic (exact) mass is 342 g/mol. The zero-order valence-corrected chi connectivity index (χ0v) is 13.2. The van der Waals surface area contributed by atoms with Gasteiger partial charge in [0.15, 0.2) is 0 Å². The molecule has 0 amide bonds. The molecule has 1 aliphatic rings. The third kappa shape index (κ3) is 2.70. The van der Waals surface area contributed by atoms with E-state index in [1.54, 1.807) is 0 Å². The Morgan fingerprint density at radius 2 is 2.00 bits per heavy atom. The van der Waals surface area contributed by atoms with Gasteiger partial charge in [-0.1, -0.05) is 6.07 Å². The van der Waals surface area contributed by atoms with Crippen LogP contribution in [0.1, 0.15) is 15.8 Å². The summed E-state index contributed by atoms with van der Waals surface area (Å²) in [5.74, 6) is 0. The summed E-state index contributed by atoms with van der Waals surface area (Å²) in [4.78, 5) is 5.47. The Kier molecular flexibility index (Phi) is 4.16. The molecule has 0 saturated carbocycles. The van der Waals surface area contributed by atoms with E-state index in [0.717, 1.165) is 26.2 Å². The van der Waals surface area contributed by atoms with Crippen molar-refractivity contribution < 1.29 is 0 Å². The number of thiophene rings is 2. The Labute approximate surface area is 124 Å². The van der Waals surface area contributed by atoms with Crippen molar-refractivity contribution in [2.45, 2.75) is 6.04 Å². The fourth-order valence-corrected chi connectivity index (χ4v) is 4.89. The number of halogens is 1. The standard InChI is InChI=1S/C13H15BrN2S2/c14-12-4-3-11(18-12)13(10-2-1-9-17-10)16-7-5-15-6-8-16/h1-4,9,13,15H,5-8H2. The largest absolute Gasteiger partial charge is 0.314 e. The first-order valence-electron chi connectivity index (χ1n) is 6.08. The molecule has 1 N–H and O–H groups in total. The fourth-order valence-electron chi connectivity index (χ4n) is 2.36. The summed E-state index contributed by atoms with van der Waals surface area (Å²) in [6, 6.07) is 9.25. The second kappa shape index (κ2) is 5.84. The second-order valence-electron chi connectivity index (χ2n) is 4.35. The van der Waals surface area contributed by atoms with Crippen LogP contribution in [0.3, 0.4) is 0 Å². The number of nitrogens with one attached hydrogen (secondary N) is 1. The predicted octanol–water partition coefficient (Wildman–Crippen LogP) is 3.57. The van der Waals surface area contributed by atoms with Gasteiger partial charge in [-0.25, -0.2) is 0 Å². The van der Waals surface area contributed by atoms with Gasteiger partial charge in [0.2, 0.25) is 0 Å². The van der Waals surface area contributed by atoms with Crippen molar-refractivity contribution in [3.8, 4) is 0 Å². The van der Waals surface area contributed by atoms with Gasteiger partial charge >= 0.3 is 0 Å². The molecule has 1 saturated heterocycles. The van der Waals surface area contributed by atoms with Crippen molar-refractivity contribution in [3.63, 3.8) is 0 Å². The lowest BCUT2D eigenvalue weighted by molar-refractivity contribution is 0.203. The van der Waals surface area contributed by atoms with Crippen molar-refractivity contribution >= 4 is 38.6 Å². The molecule has 3 heterocycles. The Bertz CT molecular complexity index is 489.